The van der Waals surface area contributed by atoms with E-state index in [-0.39, 0.29) is 50.8 Å². The molecule has 1 N–H and O–H groups in total. The lowest BCUT2D eigenvalue weighted by atomic mass is 10.1. The molecule has 0 aromatic heterocycles. The number of amides is 1. The highest BCUT2D eigenvalue weighted by molar-refractivity contribution is 6.00. The molecule has 0 spiro atoms. The fraction of sp³-hybridized carbons (Fsp3) is 0.286. The van der Waals surface area contributed by atoms with Crippen LogP contribution >= 0.6 is 0 Å². The van der Waals surface area contributed by atoms with E-state index in [0.29, 0.717) is 34.1 Å². The molecule has 0 unspecified atom stereocenters. The molecule has 0 saturated carbocycles. The van der Waals surface area contributed by atoms with Crippen molar-refractivity contribution in [1.29, 1.82) is 0 Å². The molecule has 1 amide bonds. The van der Waals surface area contributed by atoms with Crippen LogP contribution in [0.4, 0.5) is 0 Å². The minimum Gasteiger partial charge on any atom is -0.468 e. The summed E-state index contributed by atoms with van der Waals surface area (Å²) < 4.78 is 37.0. The smallest absolute Gasteiger partial charge is 0.251 e. The number of ketones is 1. The molecule has 10 heteroatoms. The molecule has 202 valence electrons. The fourth-order valence-electron chi connectivity index (χ4n) is 3.31. The maximum atomic E-state index is 12.9. The van der Waals surface area contributed by atoms with Crippen LogP contribution in [0, 0.1) is 0 Å². The third-order valence-corrected chi connectivity index (χ3v) is 5.09. The topological polar surface area (TPSA) is 111 Å². The van der Waals surface area contributed by atoms with Crippen molar-refractivity contribution in [3.8, 4) is 28.7 Å². The Labute approximate surface area is 221 Å². The second kappa shape index (κ2) is 15.2. The molecule has 0 aliphatic heterocycles. The number of nitrogens with one attached hydrogen (secondary N) is 1. The van der Waals surface area contributed by atoms with Crippen molar-refractivity contribution in [3.05, 3.63) is 77.9 Å². The SMILES string of the molecule is COCOc1ccc(Oc2ccc(C(=O)NCCC(=O)c3cccc(OCOC)c3OCOC)cc2)cc1. The van der Waals surface area contributed by atoms with Crippen LogP contribution in [0.5, 0.6) is 28.7 Å². The number of carbonyl (C=O) groups excluding carboxylic acids is 2. The van der Waals surface area contributed by atoms with Gasteiger partial charge in [0.15, 0.2) is 37.7 Å². The molecular formula is C28H31NO9. The highest BCUT2D eigenvalue weighted by atomic mass is 16.7. The molecule has 3 aromatic carbocycles. The summed E-state index contributed by atoms with van der Waals surface area (Å²) in [5.74, 6) is 1.94. The van der Waals surface area contributed by atoms with E-state index in [0.717, 1.165) is 0 Å². The quantitative estimate of drug-likeness (QED) is 0.214. The van der Waals surface area contributed by atoms with Gasteiger partial charge in [-0.3, -0.25) is 9.59 Å². The maximum Gasteiger partial charge on any atom is 0.251 e. The van der Waals surface area contributed by atoms with Gasteiger partial charge < -0.3 is 38.5 Å². The number of carbonyl (C=O) groups is 2. The summed E-state index contributed by atoms with van der Waals surface area (Å²) in [6, 6.07) is 18.8. The molecule has 3 rings (SSSR count). The first-order chi connectivity index (χ1) is 18.5. The first-order valence-corrected chi connectivity index (χ1v) is 11.7. The summed E-state index contributed by atoms with van der Waals surface area (Å²) in [7, 11) is 4.52. The first-order valence-electron chi connectivity index (χ1n) is 11.7. The van der Waals surface area contributed by atoms with E-state index in [1.54, 1.807) is 73.8 Å². The summed E-state index contributed by atoms with van der Waals surface area (Å²) >= 11 is 0. The number of para-hydroxylation sites is 1. The zero-order chi connectivity index (χ0) is 27.2. The lowest BCUT2D eigenvalue weighted by molar-refractivity contribution is 0.0316. The summed E-state index contributed by atoms with van der Waals surface area (Å²) in [6.07, 6.45) is 0.0636. The van der Waals surface area contributed by atoms with Crippen LogP contribution in [0.25, 0.3) is 0 Å². The predicted octanol–water partition coefficient (Wildman–Crippen LogP) is 4.43. The average molecular weight is 526 g/mol. The molecule has 0 aliphatic carbocycles. The van der Waals surface area contributed by atoms with Gasteiger partial charge in [-0.1, -0.05) is 6.07 Å². The van der Waals surface area contributed by atoms with Crippen molar-refractivity contribution in [1.82, 2.24) is 5.32 Å². The highest BCUT2D eigenvalue weighted by Gasteiger charge is 2.18. The van der Waals surface area contributed by atoms with E-state index in [9.17, 15) is 9.59 Å². The van der Waals surface area contributed by atoms with E-state index in [4.69, 9.17) is 33.2 Å². The van der Waals surface area contributed by atoms with Gasteiger partial charge in [0.1, 0.15) is 17.2 Å². The van der Waals surface area contributed by atoms with E-state index in [1.165, 1.54) is 14.2 Å². The van der Waals surface area contributed by atoms with Gasteiger partial charge >= 0.3 is 0 Å². The average Bonchev–Trinajstić information content (AvgIpc) is 2.95. The van der Waals surface area contributed by atoms with E-state index < -0.39 is 0 Å². The van der Waals surface area contributed by atoms with Crippen molar-refractivity contribution in [2.24, 2.45) is 0 Å². The van der Waals surface area contributed by atoms with Crippen molar-refractivity contribution in [2.75, 3.05) is 48.3 Å². The molecule has 10 nitrogen and oxygen atoms in total. The Bertz CT molecular complexity index is 1160. The maximum absolute atomic E-state index is 12.9. The normalized spacial score (nSPS) is 10.5. The van der Waals surface area contributed by atoms with Crippen LogP contribution in [0.1, 0.15) is 27.1 Å². The summed E-state index contributed by atoms with van der Waals surface area (Å²) in [4.78, 5) is 25.4. The van der Waals surface area contributed by atoms with Gasteiger partial charge in [0.05, 0.1) is 5.56 Å². The van der Waals surface area contributed by atoms with Crippen molar-refractivity contribution < 1.29 is 42.7 Å². The minimum absolute atomic E-state index is 0.00298. The van der Waals surface area contributed by atoms with Crippen LogP contribution in [0.3, 0.4) is 0 Å². The highest BCUT2D eigenvalue weighted by Crippen LogP contribution is 2.32. The second-order valence-electron chi connectivity index (χ2n) is 7.81. The largest absolute Gasteiger partial charge is 0.468 e. The Kier molecular flexibility index (Phi) is 11.4. The summed E-state index contributed by atoms with van der Waals surface area (Å²) in [5.41, 5.74) is 0.761. The third kappa shape index (κ3) is 8.48. The van der Waals surface area contributed by atoms with Crippen molar-refractivity contribution in [2.45, 2.75) is 6.42 Å². The van der Waals surface area contributed by atoms with Crippen LogP contribution in [0.2, 0.25) is 0 Å². The Morgan fingerprint density at radius 2 is 1.26 bits per heavy atom. The molecule has 38 heavy (non-hydrogen) atoms. The molecule has 0 saturated heterocycles. The van der Waals surface area contributed by atoms with Crippen LogP contribution in [-0.4, -0.2) is 59.9 Å². The van der Waals surface area contributed by atoms with Gasteiger partial charge in [-0.25, -0.2) is 0 Å². The standard InChI is InChI=1S/C28H31NO9/c1-32-17-35-21-11-13-23(14-12-21)38-22-9-7-20(8-10-22)28(31)29-16-15-25(30)24-5-4-6-26(36-18-33-2)27(24)37-19-34-3/h4-14H,15-19H2,1-3H3,(H,29,31). The Hall–Kier alpha value is -4.12. The van der Waals surface area contributed by atoms with Crippen LogP contribution in [-0.2, 0) is 14.2 Å². The molecule has 0 bridgehead atoms. The Morgan fingerprint density at radius 1 is 0.684 bits per heavy atom. The van der Waals surface area contributed by atoms with Gasteiger partial charge in [-0.15, -0.1) is 0 Å². The van der Waals surface area contributed by atoms with Crippen LogP contribution in [0.15, 0.2) is 66.7 Å². The van der Waals surface area contributed by atoms with Gasteiger partial charge in [0.2, 0.25) is 0 Å². The van der Waals surface area contributed by atoms with Crippen LogP contribution < -0.4 is 24.3 Å². The van der Waals surface area contributed by atoms with Gasteiger partial charge in [-0.05, 0) is 60.7 Å². The van der Waals surface area contributed by atoms with Crippen molar-refractivity contribution >= 4 is 11.7 Å². The molecule has 0 aliphatic rings. The Balaban J connectivity index is 1.53. The molecule has 0 atom stereocenters. The zero-order valence-corrected chi connectivity index (χ0v) is 21.6. The molecule has 0 radical (unpaired) electrons. The van der Waals surface area contributed by atoms with E-state index in [2.05, 4.69) is 5.32 Å². The minimum atomic E-state index is -0.308. The summed E-state index contributed by atoms with van der Waals surface area (Å²) in [5, 5.41) is 2.76. The van der Waals surface area contributed by atoms with Gasteiger partial charge in [-0.2, -0.15) is 0 Å². The lowest BCUT2D eigenvalue weighted by Crippen LogP contribution is -2.26. The second-order valence-corrected chi connectivity index (χ2v) is 7.81. The molecular weight excluding hydrogens is 494 g/mol. The Morgan fingerprint density at radius 3 is 1.92 bits per heavy atom. The molecule has 0 heterocycles. The third-order valence-electron chi connectivity index (χ3n) is 5.09. The zero-order valence-electron chi connectivity index (χ0n) is 21.6. The first kappa shape index (κ1) is 28.5. The number of hydrogen-bond acceptors (Lipinski definition) is 9. The predicted molar refractivity (Wildman–Crippen MR) is 138 cm³/mol. The lowest BCUT2D eigenvalue weighted by Gasteiger charge is -2.15. The molecule has 3 aromatic rings. The number of hydrogen-bond donors (Lipinski definition) is 1. The fourth-order valence-corrected chi connectivity index (χ4v) is 3.31. The number of rotatable bonds is 16. The number of Topliss-reactive ketones (excluding diaryl/α,β-unsaturated/α-hetero) is 1. The van der Waals surface area contributed by atoms with Gasteiger partial charge in [0.25, 0.3) is 5.91 Å². The van der Waals surface area contributed by atoms with Crippen molar-refractivity contribution in [3.63, 3.8) is 0 Å². The number of ether oxygens (including phenoxy) is 7. The van der Waals surface area contributed by atoms with E-state index in [1.807, 2.05) is 0 Å². The number of methoxy groups -OCH3 is 3. The molecule has 0 fully saturated rings. The summed E-state index contributed by atoms with van der Waals surface area (Å²) in [6.45, 7) is 0.244. The van der Waals surface area contributed by atoms with Gasteiger partial charge in [0, 0.05) is 39.9 Å². The number of benzene rings is 3. The monoisotopic (exact) mass is 525 g/mol. The van der Waals surface area contributed by atoms with E-state index >= 15 is 0 Å².